The van der Waals surface area contributed by atoms with E-state index in [1.807, 2.05) is 45.0 Å². The quantitative estimate of drug-likeness (QED) is 0.747. The molecule has 0 radical (unpaired) electrons. The van der Waals surface area contributed by atoms with E-state index in [0.717, 1.165) is 11.8 Å². The first-order valence-corrected chi connectivity index (χ1v) is 10.6. The molecule has 7 heteroatoms. The second-order valence-electron chi connectivity index (χ2n) is 6.32. The average molecular weight is 391 g/mol. The fourth-order valence-electron chi connectivity index (χ4n) is 2.49. The first kappa shape index (κ1) is 20.8. The maximum atomic E-state index is 12.7. The second kappa shape index (κ2) is 8.90. The van der Waals surface area contributed by atoms with E-state index in [2.05, 4.69) is 5.32 Å². The van der Waals surface area contributed by atoms with Crippen molar-refractivity contribution in [1.29, 1.82) is 0 Å². The first-order valence-electron chi connectivity index (χ1n) is 8.72. The van der Waals surface area contributed by atoms with Gasteiger partial charge < -0.3 is 14.8 Å². The average Bonchev–Trinajstić information content (AvgIpc) is 2.60. The van der Waals surface area contributed by atoms with Gasteiger partial charge in [-0.1, -0.05) is 18.2 Å². The largest absolute Gasteiger partial charge is 0.494 e. The van der Waals surface area contributed by atoms with Crippen molar-refractivity contribution in [2.75, 3.05) is 12.9 Å². The van der Waals surface area contributed by atoms with Crippen molar-refractivity contribution >= 4 is 15.7 Å². The van der Waals surface area contributed by atoms with Crippen molar-refractivity contribution in [3.8, 4) is 11.5 Å². The molecule has 0 atom stereocenters. The molecule has 2 aromatic carbocycles. The number of sulfone groups is 1. The Morgan fingerprint density at radius 2 is 1.81 bits per heavy atom. The van der Waals surface area contributed by atoms with Crippen LogP contribution in [-0.4, -0.2) is 33.3 Å². The fourth-order valence-corrected chi connectivity index (χ4v) is 3.14. The normalized spacial score (nSPS) is 11.3. The van der Waals surface area contributed by atoms with Crippen molar-refractivity contribution in [3.05, 3.63) is 53.6 Å². The van der Waals surface area contributed by atoms with Crippen LogP contribution in [0.5, 0.6) is 11.5 Å². The maximum absolute atomic E-state index is 12.7. The molecule has 0 heterocycles. The minimum Gasteiger partial charge on any atom is -0.494 e. The number of amides is 1. The number of para-hydroxylation sites is 1. The molecular formula is C20H25NO5S. The summed E-state index contributed by atoms with van der Waals surface area (Å²) in [6.45, 7) is 6.34. The van der Waals surface area contributed by atoms with Crippen molar-refractivity contribution in [1.82, 2.24) is 5.32 Å². The van der Waals surface area contributed by atoms with E-state index in [0.29, 0.717) is 18.1 Å². The van der Waals surface area contributed by atoms with Gasteiger partial charge in [0.2, 0.25) is 0 Å². The Labute approximate surface area is 160 Å². The summed E-state index contributed by atoms with van der Waals surface area (Å²) in [5.41, 5.74) is 1.01. The standard InChI is InChI=1S/C20H25NO5S/c1-5-25-18-9-7-6-8-15(18)13-21-20(22)17-12-16(27(4,23)24)10-11-19(17)26-14(2)3/h6-12,14H,5,13H2,1-4H3,(H,21,22). The SMILES string of the molecule is CCOc1ccccc1CNC(=O)c1cc(S(C)(=O)=O)ccc1OC(C)C. The van der Waals surface area contributed by atoms with Gasteiger partial charge in [-0.25, -0.2) is 8.42 Å². The number of rotatable bonds is 8. The Bertz CT molecular complexity index is 906. The summed E-state index contributed by atoms with van der Waals surface area (Å²) in [4.78, 5) is 12.8. The zero-order valence-electron chi connectivity index (χ0n) is 16.0. The van der Waals surface area contributed by atoms with Crippen LogP contribution in [0.3, 0.4) is 0 Å². The summed E-state index contributed by atoms with van der Waals surface area (Å²) in [6.07, 6.45) is 0.949. The summed E-state index contributed by atoms with van der Waals surface area (Å²) in [5.74, 6) is 0.624. The third kappa shape index (κ3) is 5.72. The summed E-state index contributed by atoms with van der Waals surface area (Å²) in [5, 5.41) is 2.81. The third-order valence-corrected chi connectivity index (χ3v) is 4.81. The molecule has 1 amide bonds. The van der Waals surface area contributed by atoms with Crippen LogP contribution in [0.2, 0.25) is 0 Å². The molecule has 27 heavy (non-hydrogen) atoms. The minimum absolute atomic E-state index is 0.0680. The van der Waals surface area contributed by atoms with Crippen LogP contribution in [0, 0.1) is 0 Å². The van der Waals surface area contributed by atoms with E-state index in [1.165, 1.54) is 18.2 Å². The number of carbonyl (C=O) groups excluding carboxylic acids is 1. The molecule has 0 saturated carbocycles. The molecule has 0 unspecified atom stereocenters. The number of nitrogens with one attached hydrogen (secondary N) is 1. The Balaban J connectivity index is 2.28. The zero-order valence-corrected chi connectivity index (χ0v) is 16.8. The van der Waals surface area contributed by atoms with Gasteiger partial charge in [-0.15, -0.1) is 0 Å². The van der Waals surface area contributed by atoms with Crippen LogP contribution >= 0.6 is 0 Å². The summed E-state index contributed by atoms with van der Waals surface area (Å²) < 4.78 is 34.9. The van der Waals surface area contributed by atoms with Gasteiger partial charge in [-0.2, -0.15) is 0 Å². The highest BCUT2D eigenvalue weighted by atomic mass is 32.2. The van der Waals surface area contributed by atoms with Crippen LogP contribution in [0.25, 0.3) is 0 Å². The van der Waals surface area contributed by atoms with Gasteiger partial charge in [-0.05, 0) is 45.0 Å². The molecule has 0 bridgehead atoms. The van der Waals surface area contributed by atoms with Gasteiger partial charge in [0.1, 0.15) is 11.5 Å². The summed E-state index contributed by atoms with van der Waals surface area (Å²) >= 11 is 0. The van der Waals surface area contributed by atoms with E-state index in [1.54, 1.807) is 0 Å². The van der Waals surface area contributed by atoms with E-state index in [9.17, 15) is 13.2 Å². The molecule has 0 aromatic heterocycles. The number of carbonyl (C=O) groups is 1. The van der Waals surface area contributed by atoms with Crippen LogP contribution in [0.1, 0.15) is 36.7 Å². The summed E-state index contributed by atoms with van der Waals surface area (Å²) in [6, 6.07) is 11.7. The van der Waals surface area contributed by atoms with E-state index in [-0.39, 0.29) is 23.1 Å². The van der Waals surface area contributed by atoms with Crippen molar-refractivity contribution in [3.63, 3.8) is 0 Å². The van der Waals surface area contributed by atoms with Gasteiger partial charge >= 0.3 is 0 Å². The number of hydrogen-bond donors (Lipinski definition) is 1. The first-order chi connectivity index (χ1) is 12.7. The predicted octanol–water partition coefficient (Wildman–Crippen LogP) is 3.21. The number of ether oxygens (including phenoxy) is 2. The number of benzene rings is 2. The molecule has 0 fully saturated rings. The predicted molar refractivity (Wildman–Crippen MR) is 104 cm³/mol. The Kier molecular flexibility index (Phi) is 6.85. The molecule has 2 rings (SSSR count). The van der Waals surface area contributed by atoms with Gasteiger partial charge in [0.05, 0.1) is 23.2 Å². The molecule has 0 aliphatic rings. The molecule has 1 N–H and O–H groups in total. The molecule has 0 saturated heterocycles. The maximum Gasteiger partial charge on any atom is 0.255 e. The van der Waals surface area contributed by atoms with Gasteiger partial charge in [0.25, 0.3) is 5.91 Å². The zero-order chi connectivity index (χ0) is 20.0. The van der Waals surface area contributed by atoms with E-state index >= 15 is 0 Å². The molecule has 146 valence electrons. The summed E-state index contributed by atoms with van der Waals surface area (Å²) in [7, 11) is -3.44. The molecule has 0 aliphatic heterocycles. The topological polar surface area (TPSA) is 81.7 Å². The molecule has 2 aromatic rings. The number of hydrogen-bond acceptors (Lipinski definition) is 5. The Morgan fingerprint density at radius 1 is 1.11 bits per heavy atom. The lowest BCUT2D eigenvalue weighted by Crippen LogP contribution is -2.24. The van der Waals surface area contributed by atoms with Gasteiger partial charge in [0.15, 0.2) is 9.84 Å². The van der Waals surface area contributed by atoms with Crippen LogP contribution in [0.15, 0.2) is 47.4 Å². The lowest BCUT2D eigenvalue weighted by atomic mass is 10.1. The van der Waals surface area contributed by atoms with Crippen molar-refractivity contribution in [2.45, 2.75) is 38.3 Å². The van der Waals surface area contributed by atoms with E-state index < -0.39 is 15.7 Å². The monoisotopic (exact) mass is 391 g/mol. The van der Waals surface area contributed by atoms with Crippen LogP contribution in [-0.2, 0) is 16.4 Å². The van der Waals surface area contributed by atoms with Crippen molar-refractivity contribution < 1.29 is 22.7 Å². The molecule has 0 spiro atoms. The minimum atomic E-state index is -3.44. The lowest BCUT2D eigenvalue weighted by molar-refractivity contribution is 0.0944. The molecule has 0 aliphatic carbocycles. The molecular weight excluding hydrogens is 366 g/mol. The lowest BCUT2D eigenvalue weighted by Gasteiger charge is -2.16. The highest BCUT2D eigenvalue weighted by Crippen LogP contribution is 2.24. The van der Waals surface area contributed by atoms with Crippen molar-refractivity contribution in [2.24, 2.45) is 0 Å². The Morgan fingerprint density at radius 3 is 2.44 bits per heavy atom. The third-order valence-electron chi connectivity index (χ3n) is 3.70. The van der Waals surface area contributed by atoms with E-state index in [4.69, 9.17) is 9.47 Å². The van der Waals surface area contributed by atoms with Crippen LogP contribution < -0.4 is 14.8 Å². The highest BCUT2D eigenvalue weighted by molar-refractivity contribution is 7.90. The Hall–Kier alpha value is -2.54. The highest BCUT2D eigenvalue weighted by Gasteiger charge is 2.18. The smallest absolute Gasteiger partial charge is 0.255 e. The molecule has 6 nitrogen and oxygen atoms in total. The second-order valence-corrected chi connectivity index (χ2v) is 8.34. The fraction of sp³-hybridized carbons (Fsp3) is 0.350. The van der Waals surface area contributed by atoms with Gasteiger partial charge in [-0.3, -0.25) is 4.79 Å². The van der Waals surface area contributed by atoms with Gasteiger partial charge in [0, 0.05) is 18.4 Å². The van der Waals surface area contributed by atoms with Crippen LogP contribution in [0.4, 0.5) is 0 Å².